The number of nitro groups is 1. The number of benzene rings is 2. The van der Waals surface area contributed by atoms with Gasteiger partial charge in [0.1, 0.15) is 5.69 Å². The molecule has 7 nitrogen and oxygen atoms in total. The number of hydrogen-bond acceptors (Lipinski definition) is 5. The topological polar surface area (TPSA) is 101 Å². The van der Waals surface area contributed by atoms with Gasteiger partial charge in [-0.1, -0.05) is 11.6 Å². The fraction of sp³-hybridized carbons (Fsp3) is 0.176. The zero-order chi connectivity index (χ0) is 21.3. The van der Waals surface area contributed by atoms with Gasteiger partial charge in [0.25, 0.3) is 5.69 Å². The molecule has 0 saturated heterocycles. The molecule has 1 aliphatic heterocycles. The molecule has 1 unspecified atom stereocenters. The summed E-state index contributed by atoms with van der Waals surface area (Å²) in [6.07, 6.45) is -4.88. The normalized spacial score (nSPS) is 16.0. The van der Waals surface area contributed by atoms with E-state index in [-0.39, 0.29) is 22.8 Å². The molecular formula is C17H11ClF3N3O4S. The molecule has 152 valence electrons. The Morgan fingerprint density at radius 3 is 2.66 bits per heavy atom. The van der Waals surface area contributed by atoms with Gasteiger partial charge in [0.05, 0.1) is 21.4 Å². The minimum atomic E-state index is -4.55. The van der Waals surface area contributed by atoms with Crippen LogP contribution in [0.4, 0.5) is 30.2 Å². The summed E-state index contributed by atoms with van der Waals surface area (Å²) in [6.45, 7) is 0. The van der Waals surface area contributed by atoms with E-state index >= 15 is 0 Å². The Balaban J connectivity index is 1.73. The Bertz CT molecular complexity index is 1020. The van der Waals surface area contributed by atoms with Crippen molar-refractivity contribution in [3.63, 3.8) is 0 Å². The molecular weight excluding hydrogens is 435 g/mol. The SMILES string of the molecule is O=C(CC1Sc2ccc(C(F)(F)F)cc2NC1=O)Nc1ccc(Cl)cc1[N+](=O)[O-]. The van der Waals surface area contributed by atoms with Crippen LogP contribution in [0.15, 0.2) is 41.3 Å². The van der Waals surface area contributed by atoms with Gasteiger partial charge in [-0.2, -0.15) is 13.2 Å². The van der Waals surface area contributed by atoms with Crippen molar-refractivity contribution in [2.45, 2.75) is 22.7 Å². The number of nitrogens with one attached hydrogen (secondary N) is 2. The second-order valence-corrected chi connectivity index (χ2v) is 7.66. The minimum absolute atomic E-state index is 0.0137. The van der Waals surface area contributed by atoms with E-state index in [1.165, 1.54) is 18.2 Å². The first-order chi connectivity index (χ1) is 13.5. The van der Waals surface area contributed by atoms with E-state index in [2.05, 4.69) is 10.6 Å². The van der Waals surface area contributed by atoms with Gasteiger partial charge in [0, 0.05) is 22.4 Å². The van der Waals surface area contributed by atoms with Crippen molar-refractivity contribution in [2.24, 2.45) is 0 Å². The van der Waals surface area contributed by atoms with Crippen molar-refractivity contribution < 1.29 is 27.7 Å². The Labute approximate surface area is 170 Å². The minimum Gasteiger partial charge on any atom is -0.324 e. The zero-order valence-corrected chi connectivity index (χ0v) is 15.8. The lowest BCUT2D eigenvalue weighted by atomic mass is 10.1. The first-order valence-corrected chi connectivity index (χ1v) is 9.23. The molecule has 0 spiro atoms. The summed E-state index contributed by atoms with van der Waals surface area (Å²) in [5.74, 6) is -1.30. The van der Waals surface area contributed by atoms with Crippen LogP contribution in [0.5, 0.6) is 0 Å². The maximum absolute atomic E-state index is 12.8. The van der Waals surface area contributed by atoms with Gasteiger partial charge >= 0.3 is 6.18 Å². The highest BCUT2D eigenvalue weighted by atomic mass is 35.5. The molecule has 0 aliphatic carbocycles. The van der Waals surface area contributed by atoms with Crippen molar-refractivity contribution in [3.8, 4) is 0 Å². The molecule has 0 saturated carbocycles. The highest BCUT2D eigenvalue weighted by Crippen LogP contribution is 2.40. The summed E-state index contributed by atoms with van der Waals surface area (Å²) >= 11 is 6.66. The van der Waals surface area contributed by atoms with Gasteiger partial charge in [-0.25, -0.2) is 0 Å². The van der Waals surface area contributed by atoms with Crippen LogP contribution >= 0.6 is 23.4 Å². The van der Waals surface area contributed by atoms with E-state index in [0.717, 1.165) is 30.0 Å². The van der Waals surface area contributed by atoms with Crippen LogP contribution in [0.25, 0.3) is 0 Å². The van der Waals surface area contributed by atoms with Crippen LogP contribution in [0.3, 0.4) is 0 Å². The largest absolute Gasteiger partial charge is 0.416 e. The first-order valence-electron chi connectivity index (χ1n) is 7.97. The highest BCUT2D eigenvalue weighted by molar-refractivity contribution is 8.01. The molecule has 2 aromatic rings. The van der Waals surface area contributed by atoms with Gasteiger partial charge < -0.3 is 10.6 Å². The fourth-order valence-electron chi connectivity index (χ4n) is 2.59. The van der Waals surface area contributed by atoms with Gasteiger partial charge in [0.15, 0.2) is 0 Å². The summed E-state index contributed by atoms with van der Waals surface area (Å²) in [5.41, 5.74) is -1.37. The standard InChI is InChI=1S/C17H11ClF3N3O4S/c18-9-2-3-10(12(6-9)24(27)28)22-15(25)7-14-16(26)23-11-5-8(17(19,20)21)1-4-13(11)29-14/h1-6,14H,7H2,(H,22,25)(H,23,26). The summed E-state index contributed by atoms with van der Waals surface area (Å²) < 4.78 is 38.4. The Hall–Kier alpha value is -2.79. The molecule has 12 heteroatoms. The van der Waals surface area contributed by atoms with Crippen LogP contribution < -0.4 is 10.6 Å². The summed E-state index contributed by atoms with van der Waals surface area (Å²) in [6, 6.07) is 6.64. The number of hydrogen-bond donors (Lipinski definition) is 2. The number of amides is 2. The lowest BCUT2D eigenvalue weighted by molar-refractivity contribution is -0.383. The highest BCUT2D eigenvalue weighted by Gasteiger charge is 2.34. The predicted molar refractivity (Wildman–Crippen MR) is 101 cm³/mol. The molecule has 2 amide bonds. The van der Waals surface area contributed by atoms with Crippen LogP contribution in [-0.2, 0) is 15.8 Å². The maximum Gasteiger partial charge on any atom is 0.416 e. The van der Waals surface area contributed by atoms with E-state index in [1.54, 1.807) is 0 Å². The average molecular weight is 446 g/mol. The second kappa shape index (κ2) is 7.91. The van der Waals surface area contributed by atoms with E-state index in [4.69, 9.17) is 11.6 Å². The Morgan fingerprint density at radius 1 is 1.28 bits per heavy atom. The van der Waals surface area contributed by atoms with E-state index < -0.39 is 39.4 Å². The lowest BCUT2D eigenvalue weighted by Crippen LogP contribution is -2.32. The maximum atomic E-state index is 12.8. The van der Waals surface area contributed by atoms with Gasteiger partial charge in [-0.15, -0.1) is 11.8 Å². The number of nitrogens with zero attached hydrogens (tertiary/aromatic N) is 1. The molecule has 1 aliphatic rings. The molecule has 1 heterocycles. The molecule has 0 aromatic heterocycles. The Kier molecular flexibility index (Phi) is 5.71. The monoisotopic (exact) mass is 445 g/mol. The zero-order valence-electron chi connectivity index (χ0n) is 14.2. The second-order valence-electron chi connectivity index (χ2n) is 5.98. The van der Waals surface area contributed by atoms with Crippen LogP contribution in [0.1, 0.15) is 12.0 Å². The number of thioether (sulfide) groups is 1. The van der Waals surface area contributed by atoms with Gasteiger partial charge in [0.2, 0.25) is 11.8 Å². The van der Waals surface area contributed by atoms with Crippen molar-refractivity contribution in [2.75, 3.05) is 10.6 Å². The third-order valence-corrected chi connectivity index (χ3v) is 5.44. The van der Waals surface area contributed by atoms with Crippen LogP contribution in [-0.4, -0.2) is 22.0 Å². The predicted octanol–water partition coefficient (Wildman–Crippen LogP) is 4.71. The van der Waals surface area contributed by atoms with Gasteiger partial charge in [-0.05, 0) is 30.3 Å². The number of alkyl halides is 3. The molecule has 29 heavy (non-hydrogen) atoms. The molecule has 0 radical (unpaired) electrons. The van der Waals surface area contributed by atoms with Crippen molar-refractivity contribution in [1.82, 2.24) is 0 Å². The smallest absolute Gasteiger partial charge is 0.324 e. The summed E-state index contributed by atoms with van der Waals surface area (Å²) in [4.78, 5) is 35.2. The quantitative estimate of drug-likeness (QED) is 0.524. The Morgan fingerprint density at radius 2 is 2.00 bits per heavy atom. The number of carbonyl (C=O) groups is 2. The number of anilines is 2. The summed E-state index contributed by atoms with van der Waals surface area (Å²) in [5, 5.41) is 15.0. The number of carbonyl (C=O) groups excluding carboxylic acids is 2. The van der Waals surface area contributed by atoms with Gasteiger partial charge in [-0.3, -0.25) is 19.7 Å². The van der Waals surface area contributed by atoms with Crippen LogP contribution in [0, 0.1) is 10.1 Å². The van der Waals surface area contributed by atoms with E-state index in [0.29, 0.717) is 4.90 Å². The number of fused-ring (bicyclic) bond motifs is 1. The van der Waals surface area contributed by atoms with Crippen molar-refractivity contribution >= 4 is 52.2 Å². The van der Waals surface area contributed by atoms with Crippen molar-refractivity contribution in [3.05, 3.63) is 57.1 Å². The van der Waals surface area contributed by atoms with Crippen molar-refractivity contribution in [1.29, 1.82) is 0 Å². The third-order valence-electron chi connectivity index (χ3n) is 3.93. The molecule has 2 N–H and O–H groups in total. The van der Waals surface area contributed by atoms with E-state index in [9.17, 15) is 32.9 Å². The third kappa shape index (κ3) is 4.80. The molecule has 1 atom stereocenters. The molecule has 3 rings (SSSR count). The summed E-state index contributed by atoms with van der Waals surface area (Å²) in [7, 11) is 0. The molecule has 2 aromatic carbocycles. The molecule has 0 bridgehead atoms. The molecule has 0 fully saturated rings. The number of rotatable bonds is 4. The van der Waals surface area contributed by atoms with E-state index in [1.807, 2.05) is 0 Å². The number of halogens is 4. The van der Waals surface area contributed by atoms with Crippen LogP contribution in [0.2, 0.25) is 5.02 Å². The first kappa shape index (κ1) is 20.9. The fourth-order valence-corrected chi connectivity index (χ4v) is 3.85. The average Bonchev–Trinajstić information content (AvgIpc) is 2.62. The lowest BCUT2D eigenvalue weighted by Gasteiger charge is -2.24. The number of nitro benzene ring substituents is 1.